The summed E-state index contributed by atoms with van der Waals surface area (Å²) in [4.78, 5) is 23.2. The average Bonchev–Trinajstić information content (AvgIpc) is 2.39. The zero-order chi connectivity index (χ0) is 17.1. The molecule has 122 valence electrons. The molecule has 0 saturated carbocycles. The van der Waals surface area contributed by atoms with Crippen molar-refractivity contribution in [3.63, 3.8) is 0 Å². The van der Waals surface area contributed by atoms with Crippen LogP contribution in [0.1, 0.15) is 26.5 Å². The van der Waals surface area contributed by atoms with E-state index in [1.165, 1.54) is 6.20 Å². The molecular formula is C15H22N2O5. The molecule has 0 aromatic carbocycles. The lowest BCUT2D eigenvalue weighted by Gasteiger charge is -2.16. The Labute approximate surface area is 129 Å². The predicted molar refractivity (Wildman–Crippen MR) is 81.8 cm³/mol. The van der Waals surface area contributed by atoms with Gasteiger partial charge in [0.15, 0.2) is 0 Å². The van der Waals surface area contributed by atoms with Crippen molar-refractivity contribution >= 4 is 11.9 Å². The van der Waals surface area contributed by atoms with Crippen LogP contribution in [-0.4, -0.2) is 44.3 Å². The largest absolute Gasteiger partial charge is 0.506 e. The van der Waals surface area contributed by atoms with E-state index in [2.05, 4.69) is 31.1 Å². The third kappa shape index (κ3) is 11.4. The Morgan fingerprint density at radius 1 is 1.18 bits per heavy atom. The van der Waals surface area contributed by atoms with Crippen molar-refractivity contribution < 1.29 is 24.9 Å². The Morgan fingerprint density at radius 2 is 1.73 bits per heavy atom. The minimum Gasteiger partial charge on any atom is -0.506 e. The molecule has 0 fully saturated rings. The van der Waals surface area contributed by atoms with Crippen LogP contribution in [0.5, 0.6) is 5.75 Å². The summed E-state index contributed by atoms with van der Waals surface area (Å²) in [6, 6.07) is 4.42. The summed E-state index contributed by atoms with van der Waals surface area (Å²) in [5.41, 5.74) is 1.00. The van der Waals surface area contributed by atoms with Gasteiger partial charge in [-0.25, -0.2) is 9.59 Å². The van der Waals surface area contributed by atoms with E-state index in [1.807, 2.05) is 6.07 Å². The Morgan fingerprint density at radius 3 is 2.09 bits per heavy atom. The first-order valence-corrected chi connectivity index (χ1v) is 6.74. The number of carbonyl (C=O) groups is 2. The highest BCUT2D eigenvalue weighted by molar-refractivity contribution is 5.89. The quantitative estimate of drug-likeness (QED) is 0.587. The molecule has 1 rings (SSSR count). The Hall–Kier alpha value is -2.41. The van der Waals surface area contributed by atoms with Gasteiger partial charge in [0.05, 0.1) is 6.20 Å². The van der Waals surface area contributed by atoms with E-state index in [0.717, 1.165) is 12.1 Å². The lowest BCUT2D eigenvalue weighted by molar-refractivity contribution is -0.134. The zero-order valence-corrected chi connectivity index (χ0v) is 12.9. The molecule has 1 aromatic rings. The third-order valence-electron chi connectivity index (χ3n) is 2.31. The topological polar surface area (TPSA) is 120 Å². The van der Waals surface area contributed by atoms with Crippen molar-refractivity contribution in [2.75, 3.05) is 0 Å². The predicted octanol–water partition coefficient (Wildman–Crippen LogP) is 1.43. The first-order chi connectivity index (χ1) is 10.2. The van der Waals surface area contributed by atoms with E-state index in [9.17, 15) is 9.59 Å². The molecule has 4 N–H and O–H groups in total. The van der Waals surface area contributed by atoms with Gasteiger partial charge in [-0.3, -0.25) is 4.98 Å². The van der Waals surface area contributed by atoms with Gasteiger partial charge in [0.25, 0.3) is 0 Å². The summed E-state index contributed by atoms with van der Waals surface area (Å²) in [7, 11) is 0. The van der Waals surface area contributed by atoms with Crippen LogP contribution in [0.4, 0.5) is 0 Å². The second-order valence-electron chi connectivity index (χ2n) is 4.94. The minimum absolute atomic E-state index is 0.221. The highest BCUT2D eigenvalue weighted by Gasteiger charge is 2.05. The lowest BCUT2D eigenvalue weighted by Crippen LogP contribution is -2.34. The second-order valence-corrected chi connectivity index (χ2v) is 4.94. The maximum absolute atomic E-state index is 9.55. The van der Waals surface area contributed by atoms with Crippen LogP contribution in [0.25, 0.3) is 0 Å². The van der Waals surface area contributed by atoms with Crippen LogP contribution < -0.4 is 5.32 Å². The summed E-state index contributed by atoms with van der Waals surface area (Å²) in [6.07, 6.45) is 3.49. The van der Waals surface area contributed by atoms with Crippen LogP contribution in [0.15, 0.2) is 30.5 Å². The molecule has 0 aliphatic heterocycles. The van der Waals surface area contributed by atoms with Gasteiger partial charge in [-0.05, 0) is 19.1 Å². The molecule has 7 nitrogen and oxygen atoms in total. The summed E-state index contributed by atoms with van der Waals surface area (Å²) >= 11 is 0. The van der Waals surface area contributed by atoms with Gasteiger partial charge in [0.1, 0.15) is 5.75 Å². The molecule has 0 bridgehead atoms. The molecule has 22 heavy (non-hydrogen) atoms. The minimum atomic E-state index is -1.26. The molecule has 0 amide bonds. The number of pyridine rings is 1. The second kappa shape index (κ2) is 10.3. The van der Waals surface area contributed by atoms with Crippen molar-refractivity contribution in [1.29, 1.82) is 0 Å². The number of aromatic nitrogens is 1. The van der Waals surface area contributed by atoms with Gasteiger partial charge in [-0.2, -0.15) is 0 Å². The van der Waals surface area contributed by atoms with Gasteiger partial charge in [0.2, 0.25) is 0 Å². The molecule has 7 heteroatoms. The van der Waals surface area contributed by atoms with Gasteiger partial charge in [-0.1, -0.05) is 13.8 Å². The fourth-order valence-electron chi connectivity index (χ4n) is 1.62. The monoisotopic (exact) mass is 310 g/mol. The maximum Gasteiger partial charge on any atom is 0.328 e. The summed E-state index contributed by atoms with van der Waals surface area (Å²) in [5.74, 6) is -2.29. The van der Waals surface area contributed by atoms with Crippen molar-refractivity contribution in [3.8, 4) is 5.75 Å². The van der Waals surface area contributed by atoms with Crippen LogP contribution in [0.3, 0.4) is 0 Å². The summed E-state index contributed by atoms with van der Waals surface area (Å²) in [5, 5.41) is 28.1. The number of rotatable bonds is 6. The molecule has 0 aliphatic carbocycles. The molecule has 1 heterocycles. The number of aliphatic carboxylic acids is 2. The molecule has 0 radical (unpaired) electrons. The van der Waals surface area contributed by atoms with Crippen molar-refractivity contribution in [2.24, 2.45) is 0 Å². The van der Waals surface area contributed by atoms with Gasteiger partial charge in [0, 0.05) is 36.4 Å². The molecular weight excluding hydrogens is 288 g/mol. The Kier molecular flexibility index (Phi) is 9.20. The molecule has 1 aromatic heterocycles. The van der Waals surface area contributed by atoms with E-state index < -0.39 is 11.9 Å². The van der Waals surface area contributed by atoms with Gasteiger partial charge < -0.3 is 20.6 Å². The number of hydrogen-bond donors (Lipinski definition) is 4. The molecule has 0 saturated heterocycles. The van der Waals surface area contributed by atoms with Gasteiger partial charge >= 0.3 is 11.9 Å². The maximum atomic E-state index is 9.55. The number of aromatic hydroxyl groups is 1. The van der Waals surface area contributed by atoms with Crippen LogP contribution in [0, 0.1) is 0 Å². The van der Waals surface area contributed by atoms with Crippen LogP contribution >= 0.6 is 0 Å². The summed E-state index contributed by atoms with van der Waals surface area (Å²) < 4.78 is 0. The average molecular weight is 310 g/mol. The lowest BCUT2D eigenvalue weighted by atomic mass is 10.1. The third-order valence-corrected chi connectivity index (χ3v) is 2.31. The fourth-order valence-corrected chi connectivity index (χ4v) is 1.62. The van der Waals surface area contributed by atoms with E-state index in [0.29, 0.717) is 24.2 Å². The Balaban J connectivity index is 0.000000472. The van der Waals surface area contributed by atoms with Gasteiger partial charge in [-0.15, -0.1) is 0 Å². The molecule has 1 unspecified atom stereocenters. The first kappa shape index (κ1) is 19.6. The number of carboxylic acid groups (broad SMARTS) is 2. The summed E-state index contributed by atoms with van der Waals surface area (Å²) in [6.45, 7) is 6.38. The van der Waals surface area contributed by atoms with Crippen LogP contribution in [-0.2, 0) is 16.0 Å². The van der Waals surface area contributed by atoms with Crippen molar-refractivity contribution in [3.05, 3.63) is 36.2 Å². The number of nitrogens with zero attached hydrogens (tertiary/aromatic N) is 1. The number of nitrogens with one attached hydrogen (secondary N) is 1. The molecule has 0 spiro atoms. The zero-order valence-electron chi connectivity index (χ0n) is 12.9. The van der Waals surface area contributed by atoms with E-state index in [1.54, 1.807) is 6.07 Å². The van der Waals surface area contributed by atoms with E-state index >= 15 is 0 Å². The van der Waals surface area contributed by atoms with E-state index in [-0.39, 0.29) is 5.75 Å². The SMILES string of the molecule is CC(C)NC(C)Cc1ccc(O)cn1.O=C(O)/C=C\C(=O)O. The van der Waals surface area contributed by atoms with Crippen molar-refractivity contribution in [2.45, 2.75) is 39.3 Å². The van der Waals surface area contributed by atoms with E-state index in [4.69, 9.17) is 15.3 Å². The van der Waals surface area contributed by atoms with Crippen molar-refractivity contribution in [1.82, 2.24) is 10.3 Å². The number of carboxylic acids is 2. The first-order valence-electron chi connectivity index (χ1n) is 6.74. The molecule has 0 aliphatic rings. The normalized spacial score (nSPS) is 11.8. The highest BCUT2D eigenvalue weighted by Crippen LogP contribution is 2.07. The van der Waals surface area contributed by atoms with Crippen LogP contribution in [0.2, 0.25) is 0 Å². The highest BCUT2D eigenvalue weighted by atomic mass is 16.4. The fraction of sp³-hybridized carbons (Fsp3) is 0.400. The Bertz CT molecular complexity index is 481. The smallest absolute Gasteiger partial charge is 0.328 e. The standard InChI is InChI=1S/C11H18N2O.C4H4O4/c1-8(2)13-9(3)6-10-4-5-11(14)7-12-10;5-3(6)1-2-4(7)8/h4-5,7-9,13-14H,6H2,1-3H3;1-2H,(H,5,6)(H,7,8)/b;2-1-. The molecule has 1 atom stereocenters. The number of hydrogen-bond acceptors (Lipinski definition) is 5.